The molecule has 6 heteroatoms. The van der Waals surface area contributed by atoms with E-state index < -0.39 is 12.2 Å². The van der Waals surface area contributed by atoms with Gasteiger partial charge in [-0.3, -0.25) is 4.79 Å². The molecule has 94 valence electrons. The van der Waals surface area contributed by atoms with Crippen molar-refractivity contribution in [3.63, 3.8) is 0 Å². The molecule has 0 unspecified atom stereocenters. The normalized spacial score (nSPS) is 25.8. The largest absolute Gasteiger partial charge is 0.466 e. The van der Waals surface area contributed by atoms with Crippen molar-refractivity contribution in [2.24, 2.45) is 0 Å². The van der Waals surface area contributed by atoms with E-state index in [1.54, 1.807) is 6.92 Å². The van der Waals surface area contributed by atoms with Crippen LogP contribution in [0.1, 0.15) is 32.6 Å². The number of alkyl halides is 3. The molecule has 0 saturated carbocycles. The quantitative estimate of drug-likeness (QED) is 0.763. The summed E-state index contributed by atoms with van der Waals surface area (Å²) in [5, 5.41) is 2.50. The molecule has 1 aliphatic rings. The van der Waals surface area contributed by atoms with Gasteiger partial charge in [0, 0.05) is 12.5 Å². The smallest absolute Gasteiger partial charge is 0.403 e. The van der Waals surface area contributed by atoms with Crippen LogP contribution < -0.4 is 5.32 Å². The van der Waals surface area contributed by atoms with Crippen LogP contribution in [-0.4, -0.2) is 30.8 Å². The molecule has 1 rings (SSSR count). The van der Waals surface area contributed by atoms with E-state index in [9.17, 15) is 18.0 Å². The number of nitrogens with one attached hydrogen (secondary N) is 1. The maximum Gasteiger partial charge on any atom is 0.403 e. The summed E-state index contributed by atoms with van der Waals surface area (Å²) in [5.74, 6) is -0.347. The van der Waals surface area contributed by atoms with Crippen molar-refractivity contribution < 1.29 is 22.7 Å². The average Bonchev–Trinajstić information content (AvgIpc) is 2.63. The fraction of sp³-hybridized carbons (Fsp3) is 0.900. The average molecular weight is 239 g/mol. The number of carbonyl (C=O) groups is 1. The summed E-state index contributed by atoms with van der Waals surface area (Å²) in [6, 6.07) is -1.64. The second kappa shape index (κ2) is 5.52. The van der Waals surface area contributed by atoms with Gasteiger partial charge in [-0.1, -0.05) is 0 Å². The molecule has 2 atom stereocenters. The lowest BCUT2D eigenvalue weighted by Gasteiger charge is -2.16. The fourth-order valence-electron chi connectivity index (χ4n) is 1.83. The minimum atomic E-state index is -4.18. The van der Waals surface area contributed by atoms with Crippen LogP contribution in [0.2, 0.25) is 0 Å². The monoisotopic (exact) mass is 239 g/mol. The predicted octanol–water partition coefficient (Wildman–Crippen LogP) is 2.01. The summed E-state index contributed by atoms with van der Waals surface area (Å²) in [6.45, 7) is 2.01. The first-order valence-electron chi connectivity index (χ1n) is 5.42. The maximum absolute atomic E-state index is 12.3. The molecular weight excluding hydrogens is 223 g/mol. The highest BCUT2D eigenvalue weighted by Crippen LogP contribution is 2.29. The van der Waals surface area contributed by atoms with E-state index in [1.165, 1.54) is 0 Å². The second-order valence-corrected chi connectivity index (χ2v) is 3.88. The molecule has 1 aliphatic heterocycles. The number of rotatable bonds is 4. The first kappa shape index (κ1) is 13.3. The third-order valence-electron chi connectivity index (χ3n) is 2.64. The lowest BCUT2D eigenvalue weighted by atomic mass is 10.1. The van der Waals surface area contributed by atoms with Crippen LogP contribution in [-0.2, 0) is 9.53 Å². The molecule has 0 aromatic rings. The Morgan fingerprint density at radius 3 is 2.62 bits per heavy atom. The van der Waals surface area contributed by atoms with E-state index in [1.807, 2.05) is 0 Å². The molecule has 0 spiro atoms. The van der Waals surface area contributed by atoms with E-state index in [0.717, 1.165) is 0 Å². The molecule has 0 radical (unpaired) electrons. The fourth-order valence-corrected chi connectivity index (χ4v) is 1.83. The molecule has 16 heavy (non-hydrogen) atoms. The van der Waals surface area contributed by atoms with Crippen molar-refractivity contribution >= 4 is 5.97 Å². The molecular formula is C10H16F3NO2. The summed E-state index contributed by atoms with van der Waals surface area (Å²) in [4.78, 5) is 11.0. The molecule has 3 nitrogen and oxygen atoms in total. The van der Waals surface area contributed by atoms with Gasteiger partial charge in [0.25, 0.3) is 0 Å². The van der Waals surface area contributed by atoms with Crippen molar-refractivity contribution in [2.45, 2.75) is 50.9 Å². The number of halogens is 3. The summed E-state index contributed by atoms with van der Waals surface area (Å²) >= 11 is 0. The Bertz CT molecular complexity index is 243. The highest BCUT2D eigenvalue weighted by Gasteiger charge is 2.43. The van der Waals surface area contributed by atoms with Gasteiger partial charge in [0.2, 0.25) is 0 Å². The highest BCUT2D eigenvalue weighted by molar-refractivity contribution is 5.69. The molecule has 1 fully saturated rings. The van der Waals surface area contributed by atoms with Gasteiger partial charge in [-0.2, -0.15) is 13.2 Å². The minimum Gasteiger partial charge on any atom is -0.466 e. The number of hydrogen-bond acceptors (Lipinski definition) is 3. The lowest BCUT2D eigenvalue weighted by Crippen LogP contribution is -2.40. The first-order chi connectivity index (χ1) is 7.43. The second-order valence-electron chi connectivity index (χ2n) is 3.88. The van der Waals surface area contributed by atoms with Crippen molar-refractivity contribution in [3.8, 4) is 0 Å². The van der Waals surface area contributed by atoms with Gasteiger partial charge >= 0.3 is 12.1 Å². The van der Waals surface area contributed by atoms with E-state index >= 15 is 0 Å². The maximum atomic E-state index is 12.3. The van der Waals surface area contributed by atoms with Crippen molar-refractivity contribution in [1.82, 2.24) is 5.32 Å². The van der Waals surface area contributed by atoms with Crippen LogP contribution >= 0.6 is 0 Å². The highest BCUT2D eigenvalue weighted by atomic mass is 19.4. The zero-order valence-electron chi connectivity index (χ0n) is 9.14. The van der Waals surface area contributed by atoms with E-state index in [0.29, 0.717) is 19.4 Å². The molecule has 0 aromatic heterocycles. The minimum absolute atomic E-state index is 0.0942. The topological polar surface area (TPSA) is 38.3 Å². The van der Waals surface area contributed by atoms with Crippen LogP contribution in [0.3, 0.4) is 0 Å². The number of hydrogen-bond donors (Lipinski definition) is 1. The van der Waals surface area contributed by atoms with Crippen LogP contribution in [0.15, 0.2) is 0 Å². The van der Waals surface area contributed by atoms with Gasteiger partial charge in [0.05, 0.1) is 6.61 Å². The standard InChI is InChI=1S/C10H16F3NO2/c1-2-16-9(15)6-4-7-3-5-8(14-7)10(11,12)13/h7-8,14H,2-6H2,1H3/t7-,8+/m0/s1. The molecule has 0 bridgehead atoms. The molecule has 1 saturated heterocycles. The summed E-state index contributed by atoms with van der Waals surface area (Å²) in [6.07, 6.45) is -3.04. The van der Waals surface area contributed by atoms with Gasteiger partial charge in [-0.15, -0.1) is 0 Å². The van der Waals surface area contributed by atoms with Gasteiger partial charge in [-0.25, -0.2) is 0 Å². The Balaban J connectivity index is 2.24. The predicted molar refractivity (Wildman–Crippen MR) is 51.9 cm³/mol. The Hall–Kier alpha value is -0.780. The summed E-state index contributed by atoms with van der Waals surface area (Å²) < 4.78 is 41.6. The lowest BCUT2D eigenvalue weighted by molar-refractivity contribution is -0.152. The van der Waals surface area contributed by atoms with Gasteiger partial charge in [0.15, 0.2) is 0 Å². The van der Waals surface area contributed by atoms with Crippen LogP contribution in [0, 0.1) is 0 Å². The Kier molecular flexibility index (Phi) is 4.58. The Morgan fingerprint density at radius 2 is 2.12 bits per heavy atom. The van der Waals surface area contributed by atoms with E-state index in [2.05, 4.69) is 5.32 Å². The van der Waals surface area contributed by atoms with Crippen molar-refractivity contribution in [3.05, 3.63) is 0 Å². The van der Waals surface area contributed by atoms with Gasteiger partial charge < -0.3 is 10.1 Å². The molecule has 1 heterocycles. The third-order valence-corrected chi connectivity index (χ3v) is 2.64. The number of ether oxygens (including phenoxy) is 1. The van der Waals surface area contributed by atoms with Crippen LogP contribution in [0.4, 0.5) is 13.2 Å². The third kappa shape index (κ3) is 4.00. The van der Waals surface area contributed by atoms with E-state index in [-0.39, 0.29) is 24.9 Å². The Labute approximate surface area is 92.3 Å². The summed E-state index contributed by atoms with van der Waals surface area (Å²) in [5.41, 5.74) is 0. The number of esters is 1. The van der Waals surface area contributed by atoms with Crippen LogP contribution in [0.25, 0.3) is 0 Å². The SMILES string of the molecule is CCOC(=O)CC[C@@H]1CC[C@H](C(F)(F)F)N1. The number of carbonyl (C=O) groups excluding carboxylic acids is 1. The van der Waals surface area contributed by atoms with E-state index in [4.69, 9.17) is 4.74 Å². The van der Waals surface area contributed by atoms with Gasteiger partial charge in [-0.05, 0) is 26.2 Å². The van der Waals surface area contributed by atoms with Crippen molar-refractivity contribution in [2.75, 3.05) is 6.61 Å². The zero-order chi connectivity index (χ0) is 12.2. The molecule has 0 amide bonds. The van der Waals surface area contributed by atoms with Crippen LogP contribution in [0.5, 0.6) is 0 Å². The first-order valence-corrected chi connectivity index (χ1v) is 5.42. The van der Waals surface area contributed by atoms with Crippen molar-refractivity contribution in [1.29, 1.82) is 0 Å². The molecule has 0 aliphatic carbocycles. The zero-order valence-corrected chi connectivity index (χ0v) is 9.14. The Morgan fingerprint density at radius 1 is 1.44 bits per heavy atom. The molecule has 1 N–H and O–H groups in total. The summed E-state index contributed by atoms with van der Waals surface area (Å²) in [7, 11) is 0. The van der Waals surface area contributed by atoms with Gasteiger partial charge in [0.1, 0.15) is 6.04 Å². The molecule has 0 aromatic carbocycles.